The first-order valence-corrected chi connectivity index (χ1v) is 7.93. The van der Waals surface area contributed by atoms with E-state index in [1.165, 1.54) is 11.8 Å². The molecule has 25 heavy (non-hydrogen) atoms. The van der Waals surface area contributed by atoms with E-state index in [4.69, 9.17) is 5.11 Å². The number of carboxylic acid groups (broad SMARTS) is 1. The Kier molecular flexibility index (Phi) is 8.70. The Labute approximate surface area is 146 Å². The zero-order valence-corrected chi connectivity index (χ0v) is 14.2. The van der Waals surface area contributed by atoms with Crippen LogP contribution in [0.5, 0.6) is 0 Å². The van der Waals surface area contributed by atoms with Gasteiger partial charge in [0.25, 0.3) is 0 Å². The van der Waals surface area contributed by atoms with Gasteiger partial charge < -0.3 is 20.6 Å². The summed E-state index contributed by atoms with van der Waals surface area (Å²) in [5, 5.41) is 14.1. The molecule has 0 spiro atoms. The van der Waals surface area contributed by atoms with Crippen LogP contribution < -0.4 is 10.6 Å². The summed E-state index contributed by atoms with van der Waals surface area (Å²) in [4.78, 5) is 46.8. The van der Waals surface area contributed by atoms with Crippen LogP contribution in [-0.4, -0.2) is 53.3 Å². The average molecular weight is 349 g/mol. The molecular formula is C17H23N3O5. The molecule has 0 aromatic heterocycles. The van der Waals surface area contributed by atoms with Crippen molar-refractivity contribution < 1.29 is 24.3 Å². The molecule has 0 saturated carbocycles. The van der Waals surface area contributed by atoms with E-state index in [-0.39, 0.29) is 37.7 Å². The highest BCUT2D eigenvalue weighted by atomic mass is 16.4. The maximum absolute atomic E-state index is 12.2. The Bertz CT molecular complexity index is 604. The normalized spacial score (nSPS) is 9.96. The molecule has 0 radical (unpaired) electrons. The van der Waals surface area contributed by atoms with Gasteiger partial charge in [0.1, 0.15) is 6.54 Å². The summed E-state index contributed by atoms with van der Waals surface area (Å²) in [6.45, 7) is 1.72. The highest BCUT2D eigenvalue weighted by molar-refractivity contribution is 5.85. The van der Waals surface area contributed by atoms with Crippen molar-refractivity contribution in [2.75, 3.05) is 19.6 Å². The summed E-state index contributed by atoms with van der Waals surface area (Å²) in [7, 11) is 0. The minimum atomic E-state index is -1.11. The van der Waals surface area contributed by atoms with Gasteiger partial charge in [0.05, 0.1) is 0 Å². The van der Waals surface area contributed by atoms with E-state index in [1.807, 2.05) is 6.07 Å². The minimum absolute atomic E-state index is 0.0379. The first-order valence-electron chi connectivity index (χ1n) is 7.93. The third-order valence-electron chi connectivity index (χ3n) is 3.28. The zero-order chi connectivity index (χ0) is 18.7. The van der Waals surface area contributed by atoms with E-state index in [9.17, 15) is 19.2 Å². The van der Waals surface area contributed by atoms with Gasteiger partial charge in [0.15, 0.2) is 0 Å². The van der Waals surface area contributed by atoms with Crippen LogP contribution in [0.2, 0.25) is 0 Å². The van der Waals surface area contributed by atoms with Crippen molar-refractivity contribution >= 4 is 23.7 Å². The zero-order valence-electron chi connectivity index (χ0n) is 14.2. The van der Waals surface area contributed by atoms with Crippen LogP contribution in [-0.2, 0) is 25.7 Å². The molecule has 0 aliphatic heterocycles. The quantitative estimate of drug-likeness (QED) is 0.519. The van der Waals surface area contributed by atoms with Gasteiger partial charge in [0.2, 0.25) is 17.7 Å². The molecule has 0 aliphatic carbocycles. The van der Waals surface area contributed by atoms with Crippen LogP contribution >= 0.6 is 0 Å². The number of carbonyl (C=O) groups is 4. The molecule has 1 aromatic carbocycles. The lowest BCUT2D eigenvalue weighted by Gasteiger charge is -2.20. The number of nitrogens with zero attached hydrogens (tertiary/aromatic N) is 1. The maximum atomic E-state index is 12.2. The molecule has 3 N–H and O–H groups in total. The molecule has 1 rings (SSSR count). The number of carboxylic acids is 1. The highest BCUT2D eigenvalue weighted by Gasteiger charge is 2.18. The monoisotopic (exact) mass is 349 g/mol. The van der Waals surface area contributed by atoms with Crippen molar-refractivity contribution in [1.82, 2.24) is 15.5 Å². The molecule has 0 bridgehead atoms. The number of benzene rings is 1. The molecule has 136 valence electrons. The number of hydrogen-bond acceptors (Lipinski definition) is 4. The van der Waals surface area contributed by atoms with Crippen molar-refractivity contribution in [3.05, 3.63) is 35.9 Å². The average Bonchev–Trinajstić information content (AvgIpc) is 2.56. The van der Waals surface area contributed by atoms with Crippen LogP contribution in [0, 0.1) is 0 Å². The van der Waals surface area contributed by atoms with Gasteiger partial charge in [-0.25, -0.2) is 0 Å². The van der Waals surface area contributed by atoms with Gasteiger partial charge >= 0.3 is 5.97 Å². The van der Waals surface area contributed by atoms with Gasteiger partial charge in [0, 0.05) is 39.4 Å². The number of hydrogen-bond donors (Lipinski definition) is 3. The van der Waals surface area contributed by atoms with Crippen LogP contribution in [0.1, 0.15) is 25.3 Å². The second kappa shape index (κ2) is 10.8. The molecule has 0 atom stereocenters. The van der Waals surface area contributed by atoms with Crippen LogP contribution in [0.3, 0.4) is 0 Å². The summed E-state index contributed by atoms with van der Waals surface area (Å²) in [5.41, 5.74) is 0.817. The van der Waals surface area contributed by atoms with Crippen molar-refractivity contribution in [2.45, 2.75) is 26.3 Å². The molecule has 0 saturated heterocycles. The lowest BCUT2D eigenvalue weighted by atomic mass is 10.2. The van der Waals surface area contributed by atoms with Crippen LogP contribution in [0.15, 0.2) is 30.3 Å². The van der Waals surface area contributed by atoms with Crippen molar-refractivity contribution in [2.24, 2.45) is 0 Å². The van der Waals surface area contributed by atoms with Crippen molar-refractivity contribution in [1.29, 1.82) is 0 Å². The highest BCUT2D eigenvalue weighted by Crippen LogP contribution is 2.07. The Balaban J connectivity index is 2.45. The van der Waals surface area contributed by atoms with E-state index in [1.54, 1.807) is 24.3 Å². The predicted molar refractivity (Wildman–Crippen MR) is 90.4 cm³/mol. The first kappa shape index (κ1) is 20.1. The van der Waals surface area contributed by atoms with E-state index >= 15 is 0 Å². The van der Waals surface area contributed by atoms with E-state index < -0.39 is 18.4 Å². The van der Waals surface area contributed by atoms with Gasteiger partial charge in [-0.1, -0.05) is 30.3 Å². The van der Waals surface area contributed by atoms with Crippen molar-refractivity contribution in [3.63, 3.8) is 0 Å². The Morgan fingerprint density at radius 1 is 1.00 bits per heavy atom. The van der Waals surface area contributed by atoms with Gasteiger partial charge in [-0.05, 0) is 5.56 Å². The van der Waals surface area contributed by atoms with E-state index in [0.29, 0.717) is 6.54 Å². The summed E-state index contributed by atoms with van der Waals surface area (Å²) in [5.74, 6) is -2.02. The topological polar surface area (TPSA) is 116 Å². The Morgan fingerprint density at radius 3 is 2.24 bits per heavy atom. The third-order valence-corrected chi connectivity index (χ3v) is 3.28. The van der Waals surface area contributed by atoms with E-state index in [2.05, 4.69) is 10.6 Å². The number of carbonyl (C=O) groups excluding carboxylic acids is 3. The van der Waals surface area contributed by atoms with Gasteiger partial charge in [-0.3, -0.25) is 19.2 Å². The summed E-state index contributed by atoms with van der Waals surface area (Å²) in [6.07, 6.45) is -0.115. The lowest BCUT2D eigenvalue weighted by Crippen LogP contribution is -2.37. The van der Waals surface area contributed by atoms with Gasteiger partial charge in [-0.15, -0.1) is 0 Å². The number of rotatable bonds is 10. The fourth-order valence-electron chi connectivity index (χ4n) is 2.11. The second-order valence-electron chi connectivity index (χ2n) is 5.46. The maximum Gasteiger partial charge on any atom is 0.323 e. The number of aliphatic carboxylic acids is 1. The molecule has 0 fully saturated rings. The molecule has 0 unspecified atom stereocenters. The molecule has 8 nitrogen and oxygen atoms in total. The van der Waals surface area contributed by atoms with E-state index in [0.717, 1.165) is 5.56 Å². The molecule has 0 heterocycles. The summed E-state index contributed by atoms with van der Waals surface area (Å²) < 4.78 is 0. The number of nitrogens with one attached hydrogen (secondary N) is 2. The Hall–Kier alpha value is -2.90. The third kappa shape index (κ3) is 9.09. The van der Waals surface area contributed by atoms with Crippen molar-refractivity contribution in [3.8, 4) is 0 Å². The first-order chi connectivity index (χ1) is 11.9. The molecule has 3 amide bonds. The lowest BCUT2D eigenvalue weighted by molar-refractivity contribution is -0.145. The van der Waals surface area contributed by atoms with Crippen LogP contribution in [0.4, 0.5) is 0 Å². The number of amides is 3. The smallest absolute Gasteiger partial charge is 0.323 e. The Morgan fingerprint density at radius 2 is 1.64 bits per heavy atom. The van der Waals surface area contributed by atoms with Gasteiger partial charge in [-0.2, -0.15) is 0 Å². The SMILES string of the molecule is CC(=O)NCCNC(=O)CCC(=O)N(CC(=O)O)Cc1ccccc1. The molecular weight excluding hydrogens is 326 g/mol. The molecule has 1 aromatic rings. The minimum Gasteiger partial charge on any atom is -0.480 e. The largest absolute Gasteiger partial charge is 0.480 e. The summed E-state index contributed by atoms with van der Waals surface area (Å²) in [6, 6.07) is 9.05. The van der Waals surface area contributed by atoms with Crippen LogP contribution in [0.25, 0.3) is 0 Å². The molecule has 8 heteroatoms. The standard InChI is InChI=1S/C17H23N3O5/c1-13(21)18-9-10-19-15(22)7-8-16(23)20(12-17(24)25)11-14-5-3-2-4-6-14/h2-6H,7-12H2,1H3,(H,18,21)(H,19,22)(H,24,25). The molecule has 0 aliphatic rings. The summed E-state index contributed by atoms with van der Waals surface area (Å²) >= 11 is 0. The fourth-order valence-corrected chi connectivity index (χ4v) is 2.11. The fraction of sp³-hybridized carbons (Fsp3) is 0.412. The predicted octanol–water partition coefficient (Wildman–Crippen LogP) is 0.132. The second-order valence-corrected chi connectivity index (χ2v) is 5.46.